The largest absolute Gasteiger partial charge is 1.00 e. The maximum atomic E-state index is 2.92. The molecule has 0 aromatic heterocycles. The van der Waals surface area contributed by atoms with Crippen LogP contribution in [0.25, 0.3) is 0 Å². The molecular weight excluding hydrogens is 775 g/mol. The Bertz CT molecular complexity index is 1730. The molecule has 8 rings (SSSR count). The molecule has 0 amide bonds. The van der Waals surface area contributed by atoms with Gasteiger partial charge in [0.25, 0.3) is 0 Å². The maximum Gasteiger partial charge on any atom is -1.00 e. The van der Waals surface area contributed by atoms with Crippen molar-refractivity contribution < 1.29 is 46.1 Å². The van der Waals surface area contributed by atoms with Crippen LogP contribution in [0, 0.1) is 67.5 Å². The molecule has 0 radical (unpaired) electrons. The fourth-order valence-electron chi connectivity index (χ4n) is 16.1. The molecule has 0 spiro atoms. The van der Waals surface area contributed by atoms with Crippen molar-refractivity contribution in [3.8, 4) is 0 Å². The molecular formula is C51H72Cl2Zr. The summed E-state index contributed by atoms with van der Waals surface area (Å²) in [5.41, 5.74) is 1.56. The van der Waals surface area contributed by atoms with Crippen LogP contribution in [0.1, 0.15) is 140 Å². The summed E-state index contributed by atoms with van der Waals surface area (Å²) in [6, 6.07) is 0. The quantitative estimate of drug-likeness (QED) is 0.253. The molecule has 0 N–H and O–H groups in total. The third-order valence-corrected chi connectivity index (χ3v) is 30.1. The van der Waals surface area contributed by atoms with Gasteiger partial charge in [0.05, 0.1) is 0 Å². The Labute approximate surface area is 351 Å². The van der Waals surface area contributed by atoms with Crippen LogP contribution in [0.15, 0.2) is 93.9 Å². The van der Waals surface area contributed by atoms with Crippen LogP contribution in [-0.2, 0) is 21.3 Å². The van der Waals surface area contributed by atoms with Gasteiger partial charge >= 0.3 is 329 Å². The Morgan fingerprint density at radius 2 is 1.09 bits per heavy atom. The van der Waals surface area contributed by atoms with Gasteiger partial charge in [0.15, 0.2) is 0 Å². The molecule has 0 aromatic carbocycles. The summed E-state index contributed by atoms with van der Waals surface area (Å²) in [6.45, 7) is 27.5. The molecule has 0 aromatic rings. The molecule has 54 heavy (non-hydrogen) atoms. The number of halogens is 2. The predicted molar refractivity (Wildman–Crippen MR) is 222 cm³/mol. The van der Waals surface area contributed by atoms with E-state index in [-0.39, 0.29) is 62.7 Å². The van der Waals surface area contributed by atoms with Crippen molar-refractivity contribution in [2.75, 3.05) is 0 Å². The summed E-state index contributed by atoms with van der Waals surface area (Å²) in [5, 5.41) is 0. The average Bonchev–Trinajstić information content (AvgIpc) is 3.74. The van der Waals surface area contributed by atoms with Crippen LogP contribution < -0.4 is 24.8 Å². The monoisotopic (exact) mass is 844 g/mol. The van der Waals surface area contributed by atoms with E-state index in [0.717, 1.165) is 23.7 Å². The molecule has 0 aliphatic heterocycles. The van der Waals surface area contributed by atoms with Crippen LogP contribution in [-0.4, -0.2) is 3.21 Å². The van der Waals surface area contributed by atoms with Gasteiger partial charge < -0.3 is 24.8 Å². The Hall–Kier alpha value is -0.747. The van der Waals surface area contributed by atoms with Crippen LogP contribution in [0.3, 0.4) is 0 Å². The van der Waals surface area contributed by atoms with Gasteiger partial charge in [-0.3, -0.25) is 0 Å². The molecule has 0 nitrogen and oxygen atoms in total. The van der Waals surface area contributed by atoms with E-state index in [2.05, 4.69) is 158 Å². The molecule has 0 heterocycles. The molecule has 8 aliphatic carbocycles. The third-order valence-electron chi connectivity index (χ3n) is 19.9. The standard InChI is InChI=1S/C29H37.C17H30.C5H5.2ClH.Zr/c1-21-14-13-15-22-20-27(6)25(4)18-10-9-16-23(25,2)24(3)17-11-12-19-26(24,5)29(27,8)28(21,22)7;1-14(16-9-5-3-6-10-16)13-15(2)17-11-7-4-8-12-17;1-2-4-5-3-1;;;/h9-20,22H,1-8H3;14-17H,3-12H2,1-2H3;1-3H,4H2;2*1H;/q;;;;;+2/p-2. The second kappa shape index (κ2) is 14.8. The van der Waals surface area contributed by atoms with E-state index in [1.54, 1.807) is 5.57 Å². The zero-order valence-electron chi connectivity index (χ0n) is 35.6. The van der Waals surface area contributed by atoms with Crippen LogP contribution in [0.2, 0.25) is 3.63 Å². The van der Waals surface area contributed by atoms with E-state index in [0.29, 0.717) is 9.54 Å². The first-order valence-corrected chi connectivity index (χ1v) is 25.8. The zero-order valence-corrected chi connectivity index (χ0v) is 39.6. The molecule has 0 bridgehead atoms. The van der Waals surface area contributed by atoms with Crippen molar-refractivity contribution in [1.82, 2.24) is 0 Å². The number of rotatable bonds is 6. The number of hydrogen-bond acceptors (Lipinski definition) is 0. The molecule has 8 aliphatic rings. The molecule has 294 valence electrons. The van der Waals surface area contributed by atoms with E-state index < -0.39 is 21.3 Å². The first kappa shape index (κ1) is 42.8. The Morgan fingerprint density at radius 3 is 1.59 bits per heavy atom. The second-order valence-corrected chi connectivity index (χ2v) is 27.1. The molecule has 11 atom stereocenters. The van der Waals surface area contributed by atoms with Gasteiger partial charge in [-0.2, -0.15) is 0 Å². The van der Waals surface area contributed by atoms with Crippen molar-refractivity contribution in [2.45, 2.75) is 143 Å². The van der Waals surface area contributed by atoms with Crippen LogP contribution >= 0.6 is 0 Å². The number of allylic oxidation sites excluding steroid dienone is 16. The molecule has 4 fully saturated rings. The summed E-state index contributed by atoms with van der Waals surface area (Å²) < 4.78 is 4.77. The normalized spacial score (nSPS) is 44.3. The second-order valence-electron chi connectivity index (χ2n) is 20.6. The van der Waals surface area contributed by atoms with E-state index in [1.807, 2.05) is 3.28 Å². The van der Waals surface area contributed by atoms with Gasteiger partial charge in [-0.25, -0.2) is 0 Å². The summed E-state index contributed by atoms with van der Waals surface area (Å²) in [6.07, 6.45) is 51.9. The van der Waals surface area contributed by atoms with Gasteiger partial charge in [0.1, 0.15) is 0 Å². The SMILES string of the molecule is CC1=CC=CC2[CH]([Zr+2]([C]3=CC=CC3)=[C](C(C)C3CCCCC3)C(C)C3CCCCC3)C3(C)C4(C)C=CC=CC4(C)C4(C)C=CC=CC4(C)C3(C)C12C.[Cl-].[Cl-]. The first-order valence-electron chi connectivity index (χ1n) is 21.9. The van der Waals surface area contributed by atoms with Crippen LogP contribution in [0.4, 0.5) is 0 Å². The van der Waals surface area contributed by atoms with E-state index >= 15 is 0 Å². The molecule has 3 heteroatoms. The van der Waals surface area contributed by atoms with E-state index in [9.17, 15) is 0 Å². The van der Waals surface area contributed by atoms with Gasteiger partial charge in [0.2, 0.25) is 0 Å². The summed E-state index contributed by atoms with van der Waals surface area (Å²) >= 11 is -2.73. The Balaban J connectivity index is 0.00000249. The zero-order chi connectivity index (χ0) is 37.0. The van der Waals surface area contributed by atoms with Gasteiger partial charge in [-0.1, -0.05) is 0 Å². The van der Waals surface area contributed by atoms with E-state index in [4.69, 9.17) is 0 Å². The topological polar surface area (TPSA) is 0 Å². The van der Waals surface area contributed by atoms with Crippen molar-refractivity contribution in [2.24, 2.45) is 67.5 Å². The first-order chi connectivity index (χ1) is 24.7. The fraction of sp³-hybridized carbons (Fsp3) is 0.667. The smallest absolute Gasteiger partial charge is 1.00 e. The summed E-state index contributed by atoms with van der Waals surface area (Å²) in [7, 11) is 0. The van der Waals surface area contributed by atoms with Gasteiger partial charge in [-0.05, 0) is 0 Å². The molecule has 11 unspecified atom stereocenters. The number of fused-ring (bicyclic) bond motifs is 8. The van der Waals surface area contributed by atoms with Crippen molar-refractivity contribution in [3.05, 3.63) is 93.9 Å². The Morgan fingerprint density at radius 1 is 0.611 bits per heavy atom. The minimum Gasteiger partial charge on any atom is -1.00 e. The van der Waals surface area contributed by atoms with Gasteiger partial charge in [-0.15, -0.1) is 0 Å². The van der Waals surface area contributed by atoms with Crippen molar-refractivity contribution in [3.63, 3.8) is 0 Å². The minimum atomic E-state index is -2.73. The van der Waals surface area contributed by atoms with Gasteiger partial charge in [0, 0.05) is 0 Å². The predicted octanol–water partition coefficient (Wildman–Crippen LogP) is 8.31. The minimum absolute atomic E-state index is 0. The van der Waals surface area contributed by atoms with E-state index in [1.165, 1.54) is 70.6 Å². The Kier molecular flexibility index (Phi) is 11.8. The third kappa shape index (κ3) is 5.10. The van der Waals surface area contributed by atoms with Crippen molar-refractivity contribution >= 4 is 3.21 Å². The molecule has 0 saturated heterocycles. The fourth-order valence-corrected chi connectivity index (χ4v) is 28.8. The van der Waals surface area contributed by atoms with Crippen molar-refractivity contribution in [1.29, 1.82) is 0 Å². The van der Waals surface area contributed by atoms with Crippen LogP contribution in [0.5, 0.6) is 0 Å². The number of hydrogen-bond donors (Lipinski definition) is 0. The summed E-state index contributed by atoms with van der Waals surface area (Å²) in [5.74, 6) is 3.75. The average molecular weight is 847 g/mol. The summed E-state index contributed by atoms with van der Waals surface area (Å²) in [4.78, 5) is 0. The molecule has 4 saturated carbocycles. The maximum absolute atomic E-state index is 2.92.